The number of rotatable bonds is 5. The van der Waals surface area contributed by atoms with Crippen LogP contribution in [0.4, 0.5) is 0 Å². The molecular formula is C41H38GeIrN2S-2. The van der Waals surface area contributed by atoms with Crippen LogP contribution >= 0.6 is 11.3 Å². The van der Waals surface area contributed by atoms with Gasteiger partial charge < -0.3 is 4.98 Å². The van der Waals surface area contributed by atoms with Crippen molar-refractivity contribution in [1.29, 1.82) is 0 Å². The Bertz CT molecular complexity index is 2180. The van der Waals surface area contributed by atoms with Crippen LogP contribution in [0.3, 0.4) is 0 Å². The molecule has 8 rings (SSSR count). The summed E-state index contributed by atoms with van der Waals surface area (Å²) in [6.07, 6.45) is 6.21. The van der Waals surface area contributed by atoms with Crippen molar-refractivity contribution in [2.75, 3.05) is 0 Å². The van der Waals surface area contributed by atoms with Crippen molar-refractivity contribution in [2.45, 2.75) is 49.9 Å². The number of hydrogen-bond donors (Lipinski definition) is 0. The molecule has 0 spiro atoms. The molecule has 233 valence electrons. The molecule has 3 heterocycles. The van der Waals surface area contributed by atoms with Gasteiger partial charge in [-0.25, -0.2) is 0 Å². The van der Waals surface area contributed by atoms with Crippen molar-refractivity contribution in [2.24, 2.45) is 5.92 Å². The maximum Gasteiger partial charge on any atom is 0 e. The summed E-state index contributed by atoms with van der Waals surface area (Å²) in [5, 5.41) is 5.14. The van der Waals surface area contributed by atoms with Gasteiger partial charge in [-0.3, -0.25) is 0 Å². The van der Waals surface area contributed by atoms with Crippen molar-refractivity contribution >= 4 is 59.9 Å². The van der Waals surface area contributed by atoms with Crippen LogP contribution in [0.1, 0.15) is 38.2 Å². The number of nitrogens with zero attached hydrogens (tertiary/aromatic N) is 2. The number of fused-ring (bicyclic) bond motifs is 5. The molecule has 5 heteroatoms. The van der Waals surface area contributed by atoms with Crippen LogP contribution in [0.15, 0.2) is 103 Å². The van der Waals surface area contributed by atoms with Gasteiger partial charge in [-0.15, -0.1) is 23.8 Å². The topological polar surface area (TPSA) is 25.8 Å². The average Bonchev–Trinajstić information content (AvgIpc) is 3.86. The molecule has 2 nitrogen and oxygen atoms in total. The normalized spacial score (nSPS) is 14.7. The third-order valence-electron chi connectivity index (χ3n) is 8.85. The van der Waals surface area contributed by atoms with Crippen molar-refractivity contribution in [3.8, 4) is 22.5 Å². The number of aryl methyl sites for hydroxylation is 1. The third-order valence-corrected chi connectivity index (χ3v) is 14.4. The van der Waals surface area contributed by atoms with E-state index >= 15 is 0 Å². The number of hydrogen-bond acceptors (Lipinski definition) is 3. The van der Waals surface area contributed by atoms with E-state index < -0.39 is 19.2 Å². The summed E-state index contributed by atoms with van der Waals surface area (Å²) in [6, 6.07) is 38.4. The molecule has 7 aromatic rings. The first-order valence-electron chi connectivity index (χ1n) is 16.3. The molecule has 0 saturated heterocycles. The zero-order valence-corrected chi connectivity index (χ0v) is 32.3. The fraction of sp³-hybridized carbons (Fsp3) is 0.220. The van der Waals surface area contributed by atoms with Gasteiger partial charge in [0.15, 0.2) is 0 Å². The van der Waals surface area contributed by atoms with Crippen LogP contribution in [-0.2, 0) is 20.1 Å². The van der Waals surface area contributed by atoms with E-state index in [0.29, 0.717) is 5.92 Å². The summed E-state index contributed by atoms with van der Waals surface area (Å²) in [4.78, 5) is 9.22. The second-order valence-electron chi connectivity index (χ2n) is 13.2. The first-order chi connectivity index (χ1) is 22.1. The molecule has 1 saturated carbocycles. The molecule has 0 aliphatic heterocycles. The number of aromatic nitrogens is 2. The van der Waals surface area contributed by atoms with E-state index in [-0.39, 0.29) is 20.1 Å². The Morgan fingerprint density at radius 3 is 2.35 bits per heavy atom. The zero-order valence-electron chi connectivity index (χ0n) is 27.9. The standard InChI is InChI=1S/C27H22NS.C14H16GeN.Ir/c1-16-6-7-19-10-11-22-21-4-3-5-23(26(21)29-27(22)24(19)14-16)25-15-20(12-13-28-25)17(2)18-8-9-18;1-15(2,3)13-9-10-14(16-11-13)12-7-5-4-6-8-12;/h3-4,6-7,10-15,17-18H,8-9H2,1-2H3;4-7,9-11H,1-3H3;/q2*-1;/i17D;;. The summed E-state index contributed by atoms with van der Waals surface area (Å²) in [5.41, 5.74) is 6.38. The van der Waals surface area contributed by atoms with Gasteiger partial charge in [0, 0.05) is 32.4 Å². The maximum absolute atomic E-state index is 8.87. The quantitative estimate of drug-likeness (QED) is 0.127. The molecule has 4 aromatic carbocycles. The molecule has 46 heavy (non-hydrogen) atoms. The van der Waals surface area contributed by atoms with Crippen molar-refractivity contribution in [1.82, 2.24) is 9.97 Å². The van der Waals surface area contributed by atoms with Gasteiger partial charge in [0.2, 0.25) is 0 Å². The minimum atomic E-state index is -1.72. The van der Waals surface area contributed by atoms with Gasteiger partial charge in [0.1, 0.15) is 0 Å². The van der Waals surface area contributed by atoms with Gasteiger partial charge in [0.05, 0.1) is 0 Å². The number of benzene rings is 4. The summed E-state index contributed by atoms with van der Waals surface area (Å²) in [6.45, 7) is 4.19. The summed E-state index contributed by atoms with van der Waals surface area (Å²) >= 11 is 0.119. The van der Waals surface area contributed by atoms with E-state index in [0.717, 1.165) is 40.9 Å². The zero-order chi connectivity index (χ0) is 32.1. The molecule has 0 N–H and O–H groups in total. The van der Waals surface area contributed by atoms with E-state index in [1.54, 1.807) is 0 Å². The first kappa shape index (κ1) is 31.5. The molecule has 1 radical (unpaired) electrons. The fourth-order valence-corrected chi connectivity index (χ4v) is 9.44. The van der Waals surface area contributed by atoms with Crippen LogP contribution in [0.5, 0.6) is 0 Å². The minimum Gasteiger partial charge on any atom is 0 e. The van der Waals surface area contributed by atoms with Crippen molar-refractivity contribution in [3.05, 3.63) is 127 Å². The summed E-state index contributed by atoms with van der Waals surface area (Å²) in [7, 11) is 0. The average molecular weight is 857 g/mol. The smallest absolute Gasteiger partial charge is 0 e. The summed E-state index contributed by atoms with van der Waals surface area (Å²) in [5.74, 6) is 7.06. The molecule has 0 amide bonds. The van der Waals surface area contributed by atoms with E-state index in [1.165, 1.54) is 40.9 Å². The largest absolute Gasteiger partial charge is 0 e. The molecule has 1 fully saturated rings. The van der Waals surface area contributed by atoms with Crippen LogP contribution in [0, 0.1) is 25.0 Å². The van der Waals surface area contributed by atoms with Gasteiger partial charge in [-0.05, 0) is 64.2 Å². The second-order valence-corrected chi connectivity index (χ2v) is 24.9. The predicted octanol–water partition coefficient (Wildman–Crippen LogP) is 11.0. The minimum absolute atomic E-state index is 0. The number of thiophene rings is 1. The Morgan fingerprint density at radius 1 is 0.826 bits per heavy atom. The monoisotopic (exact) mass is 858 g/mol. The molecule has 3 aromatic heterocycles. The summed E-state index contributed by atoms with van der Waals surface area (Å²) < 4.78 is 12.9. The van der Waals surface area contributed by atoms with Crippen LogP contribution in [0.2, 0.25) is 17.3 Å². The van der Waals surface area contributed by atoms with E-state index in [4.69, 9.17) is 6.35 Å². The molecule has 0 bridgehead atoms. The fourth-order valence-electron chi connectivity index (χ4n) is 5.94. The molecular weight excluding hydrogens is 817 g/mol. The molecule has 1 unspecified atom stereocenters. The van der Waals surface area contributed by atoms with Crippen molar-refractivity contribution in [3.63, 3.8) is 0 Å². The molecule has 1 aliphatic carbocycles. The second kappa shape index (κ2) is 13.5. The Morgan fingerprint density at radius 2 is 1.63 bits per heavy atom. The van der Waals surface area contributed by atoms with E-state index in [1.807, 2.05) is 67.1 Å². The van der Waals surface area contributed by atoms with Crippen LogP contribution in [-0.4, -0.2) is 23.2 Å². The predicted molar refractivity (Wildman–Crippen MR) is 196 cm³/mol. The Labute approximate surface area is 294 Å². The Kier molecular flexibility index (Phi) is 9.25. The third kappa shape index (κ3) is 6.78. The van der Waals surface area contributed by atoms with Crippen molar-refractivity contribution < 1.29 is 21.5 Å². The van der Waals surface area contributed by atoms with Gasteiger partial charge in [-0.2, -0.15) is 11.3 Å². The Balaban J connectivity index is 0.000000194. The Hall–Kier alpha value is -3.15. The van der Waals surface area contributed by atoms with Crippen LogP contribution < -0.4 is 4.40 Å². The SMILES string of the molecule is [2H]C(C)(c1ccnc(-c2[c-]ccc3c2sc2c4cc(C)ccc4ccc32)c1)C1CC1.[CH3][Ge]([CH3])([CH3])[c]1ccc(-c2[c-]cccc2)nc1.[Ir]. The first-order valence-corrected chi connectivity index (χ1v) is 23.9. The number of pyridine rings is 2. The van der Waals surface area contributed by atoms with Gasteiger partial charge in [0.25, 0.3) is 0 Å². The molecule has 1 aliphatic rings. The van der Waals surface area contributed by atoms with Gasteiger partial charge >= 0.3 is 99.8 Å². The molecule has 1 atom stereocenters. The van der Waals surface area contributed by atoms with E-state index in [2.05, 4.69) is 95.9 Å². The van der Waals surface area contributed by atoms with E-state index in [9.17, 15) is 0 Å². The van der Waals surface area contributed by atoms with Gasteiger partial charge in [-0.1, -0.05) is 59.8 Å². The van der Waals surface area contributed by atoms with Crippen LogP contribution in [0.25, 0.3) is 53.5 Å². The maximum atomic E-state index is 8.87.